The number of rotatable bonds is 6. The first kappa shape index (κ1) is 14.1. The first-order chi connectivity index (χ1) is 8.06. The molecular formula is C13H17ClFNO. The number of benzene rings is 1. The van der Waals surface area contributed by atoms with Gasteiger partial charge in [-0.2, -0.15) is 0 Å². The predicted octanol–water partition coefficient (Wildman–Crippen LogP) is 3.11. The molecular weight excluding hydrogens is 241 g/mol. The monoisotopic (exact) mass is 257 g/mol. The minimum absolute atomic E-state index is 0.0314. The number of hydrogen-bond acceptors (Lipinski definition) is 2. The molecule has 0 fully saturated rings. The minimum atomic E-state index is -0.523. The van der Waals surface area contributed by atoms with E-state index in [4.69, 9.17) is 17.3 Å². The second-order valence-corrected chi connectivity index (χ2v) is 4.50. The summed E-state index contributed by atoms with van der Waals surface area (Å²) in [4.78, 5) is 11.8. The maximum atomic E-state index is 13.4. The summed E-state index contributed by atoms with van der Waals surface area (Å²) in [5.74, 6) is -0.612. The summed E-state index contributed by atoms with van der Waals surface area (Å²) in [7, 11) is 0. The van der Waals surface area contributed by atoms with Gasteiger partial charge in [0.05, 0.1) is 6.04 Å². The van der Waals surface area contributed by atoms with E-state index in [0.29, 0.717) is 6.42 Å². The first-order valence-corrected chi connectivity index (χ1v) is 6.15. The smallest absolute Gasteiger partial charge is 0.154 e. The van der Waals surface area contributed by atoms with Crippen LogP contribution in [0.5, 0.6) is 0 Å². The van der Waals surface area contributed by atoms with Crippen molar-refractivity contribution in [3.05, 3.63) is 34.6 Å². The quantitative estimate of drug-likeness (QED) is 0.851. The van der Waals surface area contributed by atoms with Crippen molar-refractivity contribution in [1.29, 1.82) is 0 Å². The lowest BCUT2D eigenvalue weighted by molar-refractivity contribution is -0.119. The van der Waals surface area contributed by atoms with Crippen LogP contribution in [0.4, 0.5) is 4.39 Å². The van der Waals surface area contributed by atoms with E-state index < -0.39 is 11.9 Å². The van der Waals surface area contributed by atoms with Gasteiger partial charge in [-0.05, 0) is 18.6 Å². The molecule has 0 saturated carbocycles. The number of nitrogens with two attached hydrogens (primary N) is 1. The third-order valence-electron chi connectivity index (χ3n) is 2.69. The van der Waals surface area contributed by atoms with E-state index in [1.54, 1.807) is 6.07 Å². The van der Waals surface area contributed by atoms with Gasteiger partial charge in [-0.1, -0.05) is 37.4 Å². The minimum Gasteiger partial charge on any atom is -0.321 e. The second kappa shape index (κ2) is 6.72. The zero-order valence-corrected chi connectivity index (χ0v) is 10.6. The van der Waals surface area contributed by atoms with E-state index in [-0.39, 0.29) is 22.8 Å². The summed E-state index contributed by atoms with van der Waals surface area (Å²) in [6.45, 7) is 2.03. The van der Waals surface area contributed by atoms with Crippen molar-refractivity contribution in [2.24, 2.45) is 5.73 Å². The van der Waals surface area contributed by atoms with Crippen LogP contribution in [0.25, 0.3) is 0 Å². The molecule has 0 aromatic heterocycles. The molecule has 4 heteroatoms. The van der Waals surface area contributed by atoms with Crippen molar-refractivity contribution in [1.82, 2.24) is 0 Å². The Kier molecular flexibility index (Phi) is 5.59. The van der Waals surface area contributed by atoms with E-state index in [1.807, 2.05) is 6.92 Å². The molecule has 2 N–H and O–H groups in total. The van der Waals surface area contributed by atoms with E-state index in [9.17, 15) is 9.18 Å². The topological polar surface area (TPSA) is 43.1 Å². The molecule has 0 saturated heterocycles. The number of Topliss-reactive ketones (excluding diaryl/α,β-unsaturated/α-hetero) is 1. The SMILES string of the molecule is CCCCC(N)C(=O)Cc1c(F)cccc1Cl. The molecule has 1 rings (SSSR count). The Bertz CT molecular complexity index is 375. The fourth-order valence-electron chi connectivity index (χ4n) is 1.59. The summed E-state index contributed by atoms with van der Waals surface area (Å²) < 4.78 is 13.4. The normalized spacial score (nSPS) is 12.5. The van der Waals surface area contributed by atoms with E-state index in [2.05, 4.69) is 0 Å². The molecule has 0 aliphatic rings. The average molecular weight is 258 g/mol. The molecule has 1 aromatic rings. The second-order valence-electron chi connectivity index (χ2n) is 4.09. The molecule has 1 unspecified atom stereocenters. The lowest BCUT2D eigenvalue weighted by atomic mass is 10.00. The number of unbranched alkanes of at least 4 members (excludes halogenated alkanes) is 1. The largest absolute Gasteiger partial charge is 0.321 e. The molecule has 94 valence electrons. The van der Waals surface area contributed by atoms with Crippen LogP contribution in [0.1, 0.15) is 31.7 Å². The Morgan fingerprint density at radius 1 is 1.53 bits per heavy atom. The molecule has 0 radical (unpaired) electrons. The highest BCUT2D eigenvalue weighted by Crippen LogP contribution is 2.20. The van der Waals surface area contributed by atoms with Crippen LogP contribution in [0.3, 0.4) is 0 Å². The van der Waals surface area contributed by atoms with Gasteiger partial charge in [0.15, 0.2) is 5.78 Å². The number of carbonyl (C=O) groups is 1. The van der Waals surface area contributed by atoms with E-state index in [0.717, 1.165) is 12.8 Å². The van der Waals surface area contributed by atoms with Crippen LogP contribution >= 0.6 is 11.6 Å². The molecule has 1 aromatic carbocycles. The van der Waals surface area contributed by atoms with Crippen LogP contribution < -0.4 is 5.73 Å². The van der Waals surface area contributed by atoms with E-state index in [1.165, 1.54) is 12.1 Å². The molecule has 1 atom stereocenters. The van der Waals surface area contributed by atoms with Gasteiger partial charge in [0, 0.05) is 17.0 Å². The molecule has 0 aliphatic carbocycles. The summed E-state index contributed by atoms with van der Waals surface area (Å²) in [6, 6.07) is 3.87. The van der Waals surface area contributed by atoms with Gasteiger partial charge in [0.1, 0.15) is 5.82 Å². The molecule has 0 amide bonds. The first-order valence-electron chi connectivity index (χ1n) is 5.77. The van der Waals surface area contributed by atoms with Gasteiger partial charge in [0.25, 0.3) is 0 Å². The third kappa shape index (κ3) is 4.10. The predicted molar refractivity (Wildman–Crippen MR) is 67.6 cm³/mol. The Morgan fingerprint density at radius 2 is 2.24 bits per heavy atom. The lowest BCUT2D eigenvalue weighted by Crippen LogP contribution is -2.31. The van der Waals surface area contributed by atoms with Crippen LogP contribution in [0, 0.1) is 5.82 Å². The van der Waals surface area contributed by atoms with Gasteiger partial charge < -0.3 is 5.73 Å². The lowest BCUT2D eigenvalue weighted by Gasteiger charge is -2.11. The standard InChI is InChI=1S/C13H17ClFNO/c1-2-3-7-12(16)13(17)8-9-10(14)5-4-6-11(9)15/h4-6,12H,2-3,7-8,16H2,1H3. The zero-order valence-electron chi connectivity index (χ0n) is 9.88. The molecule has 0 bridgehead atoms. The van der Waals surface area contributed by atoms with Crippen LogP contribution in [0.2, 0.25) is 5.02 Å². The van der Waals surface area contributed by atoms with Gasteiger partial charge in [-0.15, -0.1) is 0 Å². The summed E-state index contributed by atoms with van der Waals surface area (Å²) in [6.07, 6.45) is 2.50. The number of carbonyl (C=O) groups excluding carboxylic acids is 1. The maximum absolute atomic E-state index is 13.4. The van der Waals surface area contributed by atoms with Gasteiger partial charge in [-0.25, -0.2) is 4.39 Å². The van der Waals surface area contributed by atoms with E-state index >= 15 is 0 Å². The Morgan fingerprint density at radius 3 is 2.82 bits per heavy atom. The highest BCUT2D eigenvalue weighted by Gasteiger charge is 2.17. The van der Waals surface area contributed by atoms with Crippen LogP contribution in [-0.2, 0) is 11.2 Å². The summed E-state index contributed by atoms with van der Waals surface area (Å²) >= 11 is 5.85. The van der Waals surface area contributed by atoms with Crippen molar-refractivity contribution in [3.63, 3.8) is 0 Å². The Hall–Kier alpha value is -0.930. The fourth-order valence-corrected chi connectivity index (χ4v) is 1.82. The van der Waals surface area contributed by atoms with Crippen molar-refractivity contribution in [2.75, 3.05) is 0 Å². The Balaban J connectivity index is 2.68. The molecule has 0 spiro atoms. The molecule has 0 heterocycles. The van der Waals surface area contributed by atoms with Crippen molar-refractivity contribution < 1.29 is 9.18 Å². The van der Waals surface area contributed by atoms with Gasteiger partial charge in [-0.3, -0.25) is 4.79 Å². The molecule has 0 aliphatic heterocycles. The van der Waals surface area contributed by atoms with Gasteiger partial charge >= 0.3 is 0 Å². The molecule has 2 nitrogen and oxygen atoms in total. The maximum Gasteiger partial charge on any atom is 0.154 e. The number of halogens is 2. The Labute approximate surface area is 106 Å². The highest BCUT2D eigenvalue weighted by atomic mass is 35.5. The van der Waals surface area contributed by atoms with Crippen LogP contribution in [-0.4, -0.2) is 11.8 Å². The van der Waals surface area contributed by atoms with Crippen molar-refractivity contribution >= 4 is 17.4 Å². The molecule has 17 heavy (non-hydrogen) atoms. The van der Waals surface area contributed by atoms with Crippen molar-refractivity contribution in [3.8, 4) is 0 Å². The third-order valence-corrected chi connectivity index (χ3v) is 3.05. The van der Waals surface area contributed by atoms with Crippen molar-refractivity contribution in [2.45, 2.75) is 38.6 Å². The number of hydrogen-bond donors (Lipinski definition) is 1. The summed E-state index contributed by atoms with van der Waals surface area (Å²) in [5, 5.41) is 0.279. The zero-order chi connectivity index (χ0) is 12.8. The fraction of sp³-hybridized carbons (Fsp3) is 0.462. The summed E-state index contributed by atoms with van der Waals surface area (Å²) in [5.41, 5.74) is 5.98. The average Bonchev–Trinajstić information content (AvgIpc) is 2.30. The highest BCUT2D eigenvalue weighted by molar-refractivity contribution is 6.31. The van der Waals surface area contributed by atoms with Crippen LogP contribution in [0.15, 0.2) is 18.2 Å². The van der Waals surface area contributed by atoms with Gasteiger partial charge in [0.2, 0.25) is 0 Å². The number of ketones is 1.